The first-order chi connectivity index (χ1) is 15.2. The predicted octanol–water partition coefficient (Wildman–Crippen LogP) is 2.49. The molecule has 1 aromatic heterocycles. The lowest BCUT2D eigenvalue weighted by atomic mass is 10.1. The lowest BCUT2D eigenvalue weighted by molar-refractivity contribution is 0.0474. The fourth-order valence-electron chi connectivity index (χ4n) is 3.54. The van der Waals surface area contributed by atoms with Crippen LogP contribution in [-0.2, 0) is 26.0 Å². The number of sulfonamides is 1. The van der Waals surface area contributed by atoms with Crippen molar-refractivity contribution in [1.82, 2.24) is 8.87 Å². The maximum Gasteiger partial charge on any atom is 0.338 e. The summed E-state index contributed by atoms with van der Waals surface area (Å²) in [6, 6.07) is 4.66. The van der Waals surface area contributed by atoms with Gasteiger partial charge in [-0.3, -0.25) is 4.79 Å². The molecular formula is C22H25FN2O6S. The average molecular weight is 465 g/mol. The molecule has 8 nitrogen and oxygen atoms in total. The number of ketones is 1. The number of Topliss-reactive ketones (excluding diaryl/α,β-unsaturated/α-hetero) is 1. The lowest BCUT2D eigenvalue weighted by Gasteiger charge is -2.26. The first kappa shape index (κ1) is 23.8. The van der Waals surface area contributed by atoms with Crippen LogP contribution in [0.25, 0.3) is 0 Å². The maximum absolute atomic E-state index is 14.3. The molecule has 0 unspecified atom stereocenters. The molecule has 172 valence electrons. The minimum atomic E-state index is -4.14. The second-order valence-electron chi connectivity index (χ2n) is 7.35. The summed E-state index contributed by atoms with van der Waals surface area (Å²) >= 11 is 0. The summed E-state index contributed by atoms with van der Waals surface area (Å²) in [5.41, 5.74) is 1.85. The molecule has 0 saturated carbocycles. The Bertz CT molecular complexity index is 1150. The van der Waals surface area contributed by atoms with Gasteiger partial charge >= 0.3 is 5.97 Å². The van der Waals surface area contributed by atoms with E-state index in [1.807, 2.05) is 11.5 Å². The number of benzene rings is 1. The highest BCUT2D eigenvalue weighted by atomic mass is 32.2. The summed E-state index contributed by atoms with van der Waals surface area (Å²) in [7, 11) is -4.14. The average Bonchev–Trinajstić information content (AvgIpc) is 3.06. The van der Waals surface area contributed by atoms with E-state index in [-0.39, 0.29) is 31.9 Å². The first-order valence-electron chi connectivity index (χ1n) is 10.0. The zero-order chi connectivity index (χ0) is 23.5. The van der Waals surface area contributed by atoms with Gasteiger partial charge in [0, 0.05) is 36.6 Å². The van der Waals surface area contributed by atoms with Gasteiger partial charge in [0.05, 0.1) is 18.8 Å². The number of ether oxygens (including phenoxy) is 2. The van der Waals surface area contributed by atoms with E-state index in [0.717, 1.165) is 33.9 Å². The zero-order valence-electron chi connectivity index (χ0n) is 18.0. The molecule has 0 spiro atoms. The van der Waals surface area contributed by atoms with Crippen LogP contribution in [-0.4, -0.2) is 62.0 Å². The number of allylic oxidation sites excluding steroid dienone is 1. The topological polar surface area (TPSA) is 94.9 Å². The Balaban J connectivity index is 1.75. The van der Waals surface area contributed by atoms with Crippen LogP contribution in [0.1, 0.15) is 32.1 Å². The molecule has 1 saturated heterocycles. The molecule has 0 aliphatic carbocycles. The number of carbonyl (C=O) groups excluding carboxylic acids is 2. The van der Waals surface area contributed by atoms with Gasteiger partial charge < -0.3 is 14.0 Å². The van der Waals surface area contributed by atoms with E-state index in [1.165, 1.54) is 0 Å². The Morgan fingerprint density at radius 3 is 2.56 bits per heavy atom. The molecule has 1 aromatic carbocycles. The summed E-state index contributed by atoms with van der Waals surface area (Å²) in [5.74, 6) is -2.29. The van der Waals surface area contributed by atoms with Crippen LogP contribution in [0.15, 0.2) is 41.8 Å². The zero-order valence-corrected chi connectivity index (χ0v) is 18.8. The van der Waals surface area contributed by atoms with Crippen LogP contribution >= 0.6 is 0 Å². The maximum atomic E-state index is 14.3. The van der Waals surface area contributed by atoms with Crippen LogP contribution in [0.4, 0.5) is 4.39 Å². The molecule has 0 N–H and O–H groups in total. The number of halogens is 1. The van der Waals surface area contributed by atoms with E-state index in [4.69, 9.17) is 9.47 Å². The monoisotopic (exact) mass is 464 g/mol. The molecule has 2 aromatic rings. The van der Waals surface area contributed by atoms with Crippen molar-refractivity contribution >= 4 is 21.8 Å². The number of hydrogen-bond acceptors (Lipinski definition) is 6. The van der Waals surface area contributed by atoms with E-state index in [2.05, 4.69) is 6.58 Å². The van der Waals surface area contributed by atoms with Crippen molar-refractivity contribution in [3.63, 3.8) is 0 Å². The summed E-state index contributed by atoms with van der Waals surface area (Å²) in [6.07, 6.45) is 1.71. The van der Waals surface area contributed by atoms with Gasteiger partial charge in [0.1, 0.15) is 10.7 Å². The van der Waals surface area contributed by atoms with Gasteiger partial charge in [0.25, 0.3) is 0 Å². The van der Waals surface area contributed by atoms with Crippen molar-refractivity contribution < 1.29 is 31.9 Å². The van der Waals surface area contributed by atoms with Gasteiger partial charge in [-0.15, -0.1) is 6.58 Å². The second-order valence-corrected chi connectivity index (χ2v) is 9.25. The number of aromatic nitrogens is 1. The number of carbonyl (C=O) groups is 2. The molecule has 0 atom stereocenters. The Labute approximate surface area is 186 Å². The summed E-state index contributed by atoms with van der Waals surface area (Å²) in [6.45, 7) is 7.95. The number of rotatable bonds is 8. The molecular weight excluding hydrogens is 439 g/mol. The third-order valence-electron chi connectivity index (χ3n) is 5.27. The van der Waals surface area contributed by atoms with Crippen molar-refractivity contribution in [3.05, 3.63) is 65.3 Å². The van der Waals surface area contributed by atoms with E-state index in [0.29, 0.717) is 12.1 Å². The van der Waals surface area contributed by atoms with Crippen molar-refractivity contribution in [1.29, 1.82) is 0 Å². The van der Waals surface area contributed by atoms with Crippen LogP contribution in [0.5, 0.6) is 0 Å². The highest BCUT2D eigenvalue weighted by molar-refractivity contribution is 7.89. The lowest BCUT2D eigenvalue weighted by Crippen LogP contribution is -2.41. The van der Waals surface area contributed by atoms with Gasteiger partial charge in [-0.1, -0.05) is 6.08 Å². The number of aryl methyl sites for hydroxylation is 1. The SMILES string of the molecule is C=CCn1c(C)cc(C(=O)COC(=O)c2ccc(F)c(S(=O)(=O)N3CCOCC3)c2)c1C. The van der Waals surface area contributed by atoms with E-state index >= 15 is 0 Å². The van der Waals surface area contributed by atoms with Gasteiger partial charge in [0.15, 0.2) is 6.61 Å². The Morgan fingerprint density at radius 1 is 1.22 bits per heavy atom. The standard InChI is InChI=1S/C22H25FN2O6S/c1-4-7-25-15(2)12-18(16(25)3)20(26)14-31-22(27)17-5-6-19(23)21(13-17)32(28,29)24-8-10-30-11-9-24/h4-6,12-13H,1,7-11,14H2,2-3H3. The molecule has 10 heteroatoms. The van der Waals surface area contributed by atoms with Gasteiger partial charge in [0.2, 0.25) is 15.8 Å². The Kier molecular flexibility index (Phi) is 7.27. The number of morpholine rings is 1. The van der Waals surface area contributed by atoms with Crippen LogP contribution in [0.3, 0.4) is 0 Å². The molecule has 1 aliphatic heterocycles. The molecule has 32 heavy (non-hydrogen) atoms. The molecule has 0 amide bonds. The number of esters is 1. The smallest absolute Gasteiger partial charge is 0.338 e. The normalized spacial score (nSPS) is 14.8. The highest BCUT2D eigenvalue weighted by Gasteiger charge is 2.30. The van der Waals surface area contributed by atoms with Crippen molar-refractivity contribution in [3.8, 4) is 0 Å². The quantitative estimate of drug-likeness (QED) is 0.338. The van der Waals surface area contributed by atoms with Gasteiger partial charge in [-0.25, -0.2) is 17.6 Å². The molecule has 1 fully saturated rings. The third-order valence-corrected chi connectivity index (χ3v) is 7.19. The van der Waals surface area contributed by atoms with Crippen LogP contribution in [0, 0.1) is 19.7 Å². The van der Waals surface area contributed by atoms with Crippen molar-refractivity contribution in [2.24, 2.45) is 0 Å². The highest BCUT2D eigenvalue weighted by Crippen LogP contribution is 2.22. The minimum absolute atomic E-state index is 0.0925. The van der Waals surface area contributed by atoms with Crippen LogP contribution in [0.2, 0.25) is 0 Å². The molecule has 0 bridgehead atoms. The van der Waals surface area contributed by atoms with E-state index in [9.17, 15) is 22.4 Å². The third kappa shape index (κ3) is 4.82. The molecule has 1 aliphatic rings. The summed E-state index contributed by atoms with van der Waals surface area (Å²) in [4.78, 5) is 24.4. The van der Waals surface area contributed by atoms with Crippen LogP contribution < -0.4 is 0 Å². The fourth-order valence-corrected chi connectivity index (χ4v) is 5.04. The number of nitrogens with zero attached hydrogens (tertiary/aromatic N) is 2. The summed E-state index contributed by atoms with van der Waals surface area (Å²) in [5, 5.41) is 0. The van der Waals surface area contributed by atoms with Gasteiger partial charge in [-0.2, -0.15) is 4.31 Å². The number of hydrogen-bond donors (Lipinski definition) is 0. The first-order valence-corrected chi connectivity index (χ1v) is 11.5. The van der Waals surface area contributed by atoms with E-state index < -0.39 is 39.1 Å². The second kappa shape index (κ2) is 9.76. The summed E-state index contributed by atoms with van der Waals surface area (Å²) < 4.78 is 53.1. The largest absolute Gasteiger partial charge is 0.454 e. The van der Waals surface area contributed by atoms with Gasteiger partial charge in [-0.05, 0) is 38.1 Å². The molecule has 0 radical (unpaired) electrons. The van der Waals surface area contributed by atoms with Crippen molar-refractivity contribution in [2.45, 2.75) is 25.3 Å². The minimum Gasteiger partial charge on any atom is -0.454 e. The molecule has 3 rings (SSSR count). The molecule has 2 heterocycles. The Morgan fingerprint density at radius 2 is 1.91 bits per heavy atom. The van der Waals surface area contributed by atoms with E-state index in [1.54, 1.807) is 19.1 Å². The predicted molar refractivity (Wildman–Crippen MR) is 115 cm³/mol. The Hall–Kier alpha value is -2.82. The van der Waals surface area contributed by atoms with Crippen molar-refractivity contribution in [2.75, 3.05) is 32.9 Å². The fraction of sp³-hybridized carbons (Fsp3) is 0.364.